The number of hydrogen-bond acceptors (Lipinski definition) is 6. The fourth-order valence-corrected chi connectivity index (χ4v) is 4.71. The number of aromatic nitrogens is 4. The van der Waals surface area contributed by atoms with Crippen molar-refractivity contribution in [1.82, 2.24) is 19.9 Å². The minimum absolute atomic E-state index is 0. The number of halogens is 2. The Morgan fingerprint density at radius 3 is 1.42 bits per heavy atom. The van der Waals surface area contributed by atoms with Gasteiger partial charge in [-0.15, -0.1) is 23.5 Å². The van der Waals surface area contributed by atoms with E-state index < -0.39 is 0 Å². The summed E-state index contributed by atoms with van der Waals surface area (Å²) in [7, 11) is 0. The van der Waals surface area contributed by atoms with Crippen LogP contribution in [-0.4, -0.2) is 37.9 Å². The number of aryl methyl sites for hydroxylation is 2. The van der Waals surface area contributed by atoms with Crippen LogP contribution in [0.3, 0.4) is 0 Å². The van der Waals surface area contributed by atoms with E-state index in [0.717, 1.165) is 43.0 Å². The fraction of sp³-hybridized carbons (Fsp3) is 0.200. The molecule has 11 heteroatoms. The van der Waals surface area contributed by atoms with E-state index in [1.807, 2.05) is 38.5 Å². The molecule has 0 atom stereocenters. The second-order valence-electron chi connectivity index (χ2n) is 6.32. The van der Waals surface area contributed by atoms with E-state index in [4.69, 9.17) is 23.2 Å². The van der Waals surface area contributed by atoms with Gasteiger partial charge in [-0.1, -0.05) is 23.2 Å². The average Bonchev–Trinajstić information content (AvgIpc) is 2.67. The van der Waals surface area contributed by atoms with E-state index in [1.165, 1.54) is 0 Å². The third-order valence-corrected chi connectivity index (χ3v) is 6.79. The zero-order valence-corrected chi connectivity index (χ0v) is 20.2. The van der Waals surface area contributed by atoms with Gasteiger partial charge in [-0.05, 0) is 50.6 Å². The van der Waals surface area contributed by atoms with E-state index in [1.54, 1.807) is 35.7 Å². The van der Waals surface area contributed by atoms with Crippen molar-refractivity contribution < 1.29 is 5.48 Å². The van der Waals surface area contributed by atoms with Crippen molar-refractivity contribution in [2.45, 2.75) is 23.6 Å². The Labute approximate surface area is 196 Å². The fourth-order valence-electron chi connectivity index (χ4n) is 2.94. The average molecular weight is 499 g/mol. The van der Waals surface area contributed by atoms with Crippen molar-refractivity contribution in [2.75, 3.05) is 12.5 Å². The lowest BCUT2D eigenvalue weighted by atomic mass is 10.2. The van der Waals surface area contributed by atoms with Gasteiger partial charge in [0.1, 0.15) is 0 Å². The van der Waals surface area contributed by atoms with Crippen LogP contribution in [0.2, 0.25) is 10.0 Å². The normalized spacial score (nSPS) is 10.5. The second-order valence-corrected chi connectivity index (χ2v) is 8.83. The Bertz CT molecular complexity index is 1270. The van der Waals surface area contributed by atoms with Crippen molar-refractivity contribution in [3.63, 3.8) is 0 Å². The topological polar surface area (TPSA) is 123 Å². The summed E-state index contributed by atoms with van der Waals surface area (Å²) in [6, 6.07) is 7.42. The van der Waals surface area contributed by atoms with Crippen LogP contribution < -0.4 is 11.4 Å². The largest absolute Gasteiger partial charge is 0.412 e. The number of hydrogen-bond donors (Lipinski definition) is 2. The molecule has 4 rings (SSSR count). The van der Waals surface area contributed by atoms with Gasteiger partial charge >= 0.3 is 11.4 Å². The SMILES string of the molecule is CSc1cc2c(C)nc(=O)[nH]c2cc1Cl.CSc1cc2c(C)nc(=O)[nH]c2cc1Cl.O. The van der Waals surface area contributed by atoms with Crippen LogP contribution in [0.15, 0.2) is 43.6 Å². The highest BCUT2D eigenvalue weighted by Crippen LogP contribution is 2.30. The Morgan fingerprint density at radius 2 is 1.10 bits per heavy atom. The van der Waals surface area contributed by atoms with Crippen LogP contribution in [-0.2, 0) is 0 Å². The predicted octanol–water partition coefficient (Wildman–Crippen LogP) is 4.39. The van der Waals surface area contributed by atoms with Crippen molar-refractivity contribution in [3.05, 3.63) is 66.7 Å². The van der Waals surface area contributed by atoms with Crippen LogP contribution in [0.25, 0.3) is 21.8 Å². The summed E-state index contributed by atoms with van der Waals surface area (Å²) in [5.41, 5.74) is 2.23. The molecule has 0 saturated heterocycles. The van der Waals surface area contributed by atoms with Gasteiger partial charge in [-0.2, -0.15) is 9.97 Å². The van der Waals surface area contributed by atoms with Crippen molar-refractivity contribution in [2.24, 2.45) is 0 Å². The van der Waals surface area contributed by atoms with Gasteiger partial charge in [0.05, 0.1) is 32.5 Å². The number of nitrogens with one attached hydrogen (secondary N) is 2. The highest BCUT2D eigenvalue weighted by Gasteiger charge is 2.07. The third-order valence-electron chi connectivity index (χ3n) is 4.39. The van der Waals surface area contributed by atoms with Gasteiger partial charge in [0.25, 0.3) is 0 Å². The Morgan fingerprint density at radius 1 is 0.742 bits per heavy atom. The molecule has 0 aliphatic rings. The maximum atomic E-state index is 11.2. The highest BCUT2D eigenvalue weighted by atomic mass is 35.5. The van der Waals surface area contributed by atoms with Crippen LogP contribution in [0.4, 0.5) is 0 Å². The van der Waals surface area contributed by atoms with Crippen LogP contribution in [0.1, 0.15) is 11.4 Å². The molecule has 2 heterocycles. The van der Waals surface area contributed by atoms with Gasteiger partial charge in [0, 0.05) is 20.6 Å². The van der Waals surface area contributed by atoms with E-state index in [-0.39, 0.29) is 16.9 Å². The Kier molecular flexibility index (Phi) is 8.56. The van der Waals surface area contributed by atoms with Gasteiger partial charge in [0.2, 0.25) is 0 Å². The molecule has 0 aliphatic heterocycles. The first-order valence-corrected chi connectivity index (χ1v) is 11.9. The van der Waals surface area contributed by atoms with E-state index in [9.17, 15) is 9.59 Å². The van der Waals surface area contributed by atoms with Gasteiger partial charge in [-0.25, -0.2) is 9.59 Å². The van der Waals surface area contributed by atoms with E-state index >= 15 is 0 Å². The van der Waals surface area contributed by atoms with Gasteiger partial charge in [0.15, 0.2) is 0 Å². The molecule has 0 radical (unpaired) electrons. The number of fused-ring (bicyclic) bond motifs is 2. The molecule has 0 amide bonds. The van der Waals surface area contributed by atoms with E-state index in [0.29, 0.717) is 10.0 Å². The van der Waals surface area contributed by atoms with Crippen molar-refractivity contribution in [1.29, 1.82) is 0 Å². The highest BCUT2D eigenvalue weighted by molar-refractivity contribution is 7.99. The van der Waals surface area contributed by atoms with Gasteiger partial charge < -0.3 is 15.4 Å². The standard InChI is InChI=1S/2C10H9ClN2OS.H2O/c2*1-5-6-3-9(15-2)7(11)4-8(6)13-10(14)12-5;/h2*3-4H,1-2H3,(H,12,13,14);1H2. The molecule has 7 nitrogen and oxygen atoms in total. The minimum Gasteiger partial charge on any atom is -0.412 e. The molecule has 0 saturated carbocycles. The van der Waals surface area contributed by atoms with Crippen LogP contribution in [0.5, 0.6) is 0 Å². The molecule has 2 aromatic carbocycles. The van der Waals surface area contributed by atoms with Crippen LogP contribution in [0, 0.1) is 13.8 Å². The molecule has 0 spiro atoms. The lowest BCUT2D eigenvalue weighted by Crippen LogP contribution is -2.11. The Hall–Kier alpha value is -2.04. The molecule has 0 unspecified atom stereocenters. The quantitative estimate of drug-likeness (QED) is 0.395. The first-order chi connectivity index (χ1) is 14.2. The lowest BCUT2D eigenvalue weighted by molar-refractivity contribution is 0.824. The Balaban J connectivity index is 0.000000213. The molecule has 2 aromatic heterocycles. The zero-order valence-electron chi connectivity index (χ0n) is 17.1. The molecular weight excluding hydrogens is 479 g/mol. The molecule has 0 fully saturated rings. The minimum atomic E-state index is -0.340. The van der Waals surface area contributed by atoms with Crippen LogP contribution >= 0.6 is 46.7 Å². The van der Waals surface area contributed by atoms with E-state index in [2.05, 4.69) is 19.9 Å². The molecule has 31 heavy (non-hydrogen) atoms. The summed E-state index contributed by atoms with van der Waals surface area (Å²) >= 11 is 15.2. The molecule has 164 valence electrons. The number of benzene rings is 2. The summed E-state index contributed by atoms with van der Waals surface area (Å²) < 4.78 is 0. The monoisotopic (exact) mass is 498 g/mol. The molecule has 4 aromatic rings. The number of nitrogens with zero attached hydrogens (tertiary/aromatic N) is 2. The molecule has 0 aliphatic carbocycles. The third kappa shape index (κ3) is 5.61. The summed E-state index contributed by atoms with van der Waals surface area (Å²) in [4.78, 5) is 37.3. The van der Waals surface area contributed by atoms with Crippen molar-refractivity contribution >= 4 is 68.5 Å². The summed E-state index contributed by atoms with van der Waals surface area (Å²) in [5.74, 6) is 0. The summed E-state index contributed by atoms with van der Waals surface area (Å²) in [5, 5.41) is 3.17. The first-order valence-electron chi connectivity index (χ1n) is 8.71. The predicted molar refractivity (Wildman–Crippen MR) is 131 cm³/mol. The second kappa shape index (κ2) is 10.5. The van der Waals surface area contributed by atoms with Gasteiger partial charge in [-0.3, -0.25) is 0 Å². The number of aromatic amines is 2. The number of thioether (sulfide) groups is 2. The maximum absolute atomic E-state index is 11.2. The number of H-pyrrole nitrogens is 2. The number of rotatable bonds is 2. The lowest BCUT2D eigenvalue weighted by Gasteiger charge is -2.05. The maximum Gasteiger partial charge on any atom is 0.345 e. The molecular formula is C20H20Cl2N4O3S2. The smallest absolute Gasteiger partial charge is 0.345 e. The summed E-state index contributed by atoms with van der Waals surface area (Å²) in [6.45, 7) is 3.63. The van der Waals surface area contributed by atoms with Crippen molar-refractivity contribution in [3.8, 4) is 0 Å². The summed E-state index contributed by atoms with van der Waals surface area (Å²) in [6.07, 6.45) is 3.92. The molecule has 4 N–H and O–H groups in total. The first kappa shape index (κ1) is 25.2. The zero-order chi connectivity index (χ0) is 22.0. The molecule has 0 bridgehead atoms.